The van der Waals surface area contributed by atoms with Crippen molar-refractivity contribution in [2.75, 3.05) is 6.54 Å². The molecule has 0 aliphatic rings. The lowest BCUT2D eigenvalue weighted by Gasteiger charge is -2.01. The highest BCUT2D eigenvalue weighted by Crippen LogP contribution is 2.14. The Morgan fingerprint density at radius 2 is 2.12 bits per heavy atom. The molecule has 0 radical (unpaired) electrons. The molecule has 0 aliphatic carbocycles. The van der Waals surface area contributed by atoms with Crippen LogP contribution in [0.1, 0.15) is 29.1 Å². The smallest absolute Gasteiger partial charge is 0.282 e. The molecule has 1 aromatic heterocycles. The van der Waals surface area contributed by atoms with Gasteiger partial charge in [-0.2, -0.15) is 0 Å². The third-order valence-electron chi connectivity index (χ3n) is 1.73. The highest BCUT2D eigenvalue weighted by Gasteiger charge is 2.10. The van der Waals surface area contributed by atoms with E-state index in [0.29, 0.717) is 25.8 Å². The van der Waals surface area contributed by atoms with Crippen molar-refractivity contribution in [1.29, 1.82) is 0 Å². The van der Waals surface area contributed by atoms with E-state index >= 15 is 0 Å². The Kier molecular flexibility index (Phi) is 5.13. The third-order valence-corrected chi connectivity index (χ3v) is 2.75. The Bertz CT molecular complexity index is 382. The molecular weight excluding hydrogens is 252 g/mol. The second kappa shape index (κ2) is 6.39. The van der Waals surface area contributed by atoms with E-state index in [1.54, 1.807) is 0 Å². The number of amides is 2. The second-order valence-corrected chi connectivity index (χ2v) is 4.60. The van der Waals surface area contributed by atoms with Crippen molar-refractivity contribution in [3.63, 3.8) is 0 Å². The monoisotopic (exact) mass is 262 g/mol. The van der Waals surface area contributed by atoms with Gasteiger partial charge in [-0.3, -0.25) is 9.59 Å². The van der Waals surface area contributed by atoms with Crippen LogP contribution in [0, 0.1) is 0 Å². The van der Waals surface area contributed by atoms with Crippen LogP contribution in [0.15, 0.2) is 0 Å². The van der Waals surface area contributed by atoms with Crippen LogP contribution in [0.5, 0.6) is 0 Å². The average molecular weight is 263 g/mol. The highest BCUT2D eigenvalue weighted by molar-refractivity contribution is 7.17. The Labute approximate surface area is 101 Å². The van der Waals surface area contributed by atoms with Gasteiger partial charge in [0.1, 0.15) is 0 Å². The molecule has 2 amide bonds. The number of hydrogen-bond acceptors (Lipinski definition) is 5. The van der Waals surface area contributed by atoms with Crippen LogP contribution in [0.2, 0.25) is 4.47 Å². The number of carbonyl (C=O) groups is 2. The van der Waals surface area contributed by atoms with E-state index in [-0.39, 0.29) is 21.3 Å². The molecule has 88 valence electrons. The number of primary amides is 1. The van der Waals surface area contributed by atoms with Crippen molar-refractivity contribution in [2.45, 2.75) is 19.3 Å². The summed E-state index contributed by atoms with van der Waals surface area (Å²) in [6.07, 6.45) is 1.69. The lowest BCUT2D eigenvalue weighted by molar-refractivity contribution is -0.118. The molecule has 0 unspecified atom stereocenters. The number of carbonyl (C=O) groups excluding carboxylic acids is 2. The Balaban J connectivity index is 2.18. The van der Waals surface area contributed by atoms with Crippen molar-refractivity contribution in [2.24, 2.45) is 5.73 Å². The first-order valence-corrected chi connectivity index (χ1v) is 5.84. The molecule has 0 spiro atoms. The summed E-state index contributed by atoms with van der Waals surface area (Å²) >= 11 is 6.56. The minimum atomic E-state index is -0.331. The topological polar surface area (TPSA) is 98.0 Å². The first kappa shape index (κ1) is 12.9. The summed E-state index contributed by atoms with van der Waals surface area (Å²) in [4.78, 5) is 21.8. The average Bonchev–Trinajstić information content (AvgIpc) is 2.63. The van der Waals surface area contributed by atoms with Crippen LogP contribution in [0.4, 0.5) is 0 Å². The van der Waals surface area contributed by atoms with E-state index in [0.717, 1.165) is 11.3 Å². The summed E-state index contributed by atoms with van der Waals surface area (Å²) in [7, 11) is 0. The summed E-state index contributed by atoms with van der Waals surface area (Å²) in [6, 6.07) is 0. The zero-order valence-electron chi connectivity index (χ0n) is 8.40. The molecule has 1 heterocycles. The Morgan fingerprint density at radius 3 is 2.69 bits per heavy atom. The molecule has 6 nitrogen and oxygen atoms in total. The van der Waals surface area contributed by atoms with Gasteiger partial charge in [0.05, 0.1) is 0 Å². The molecule has 0 saturated heterocycles. The van der Waals surface area contributed by atoms with Crippen LogP contribution < -0.4 is 11.1 Å². The minimum absolute atomic E-state index is 0.235. The van der Waals surface area contributed by atoms with E-state index in [1.807, 2.05) is 0 Å². The van der Waals surface area contributed by atoms with E-state index in [4.69, 9.17) is 17.3 Å². The highest BCUT2D eigenvalue weighted by atomic mass is 35.5. The van der Waals surface area contributed by atoms with Gasteiger partial charge < -0.3 is 11.1 Å². The van der Waals surface area contributed by atoms with Crippen LogP contribution in [0.25, 0.3) is 0 Å². The van der Waals surface area contributed by atoms with E-state index in [9.17, 15) is 9.59 Å². The Hall–Kier alpha value is -1.21. The number of aromatic nitrogens is 2. The predicted molar refractivity (Wildman–Crippen MR) is 60.3 cm³/mol. The van der Waals surface area contributed by atoms with Gasteiger partial charge in [-0.05, 0) is 24.4 Å². The normalized spacial score (nSPS) is 10.1. The largest absolute Gasteiger partial charge is 0.370 e. The van der Waals surface area contributed by atoms with Crippen LogP contribution in [0.3, 0.4) is 0 Å². The lowest BCUT2D eigenvalue weighted by atomic mass is 10.2. The number of nitrogens with zero attached hydrogens (tertiary/aromatic N) is 2. The zero-order valence-corrected chi connectivity index (χ0v) is 9.98. The first-order chi connectivity index (χ1) is 7.59. The second-order valence-electron chi connectivity index (χ2n) is 3.04. The van der Waals surface area contributed by atoms with Crippen molar-refractivity contribution in [1.82, 2.24) is 15.5 Å². The van der Waals surface area contributed by atoms with Gasteiger partial charge in [-0.1, -0.05) is 11.3 Å². The van der Waals surface area contributed by atoms with Crippen molar-refractivity contribution in [3.05, 3.63) is 9.47 Å². The summed E-state index contributed by atoms with van der Waals surface area (Å²) < 4.78 is 0.235. The van der Waals surface area contributed by atoms with Gasteiger partial charge in [0, 0.05) is 13.0 Å². The molecule has 0 atom stereocenters. The molecule has 0 saturated carbocycles. The van der Waals surface area contributed by atoms with Gasteiger partial charge in [-0.25, -0.2) is 0 Å². The van der Waals surface area contributed by atoms with Gasteiger partial charge >= 0.3 is 0 Å². The third kappa shape index (κ3) is 4.54. The number of nitrogens with two attached hydrogens (primary N) is 1. The van der Waals surface area contributed by atoms with Crippen LogP contribution in [-0.2, 0) is 4.79 Å². The number of hydrogen-bond donors (Lipinski definition) is 2. The van der Waals surface area contributed by atoms with E-state index < -0.39 is 0 Å². The lowest BCUT2D eigenvalue weighted by Crippen LogP contribution is -2.24. The summed E-state index contributed by atoms with van der Waals surface area (Å²) in [5.74, 6) is -0.634. The molecule has 0 bridgehead atoms. The number of rotatable bonds is 6. The Morgan fingerprint density at radius 1 is 1.38 bits per heavy atom. The molecule has 0 aromatic carbocycles. The quantitative estimate of drug-likeness (QED) is 0.733. The molecular formula is C8H11ClN4O2S. The van der Waals surface area contributed by atoms with Crippen molar-refractivity contribution < 1.29 is 9.59 Å². The molecule has 8 heteroatoms. The van der Waals surface area contributed by atoms with Crippen LogP contribution in [-0.4, -0.2) is 28.6 Å². The summed E-state index contributed by atoms with van der Waals surface area (Å²) in [5, 5.41) is 9.99. The standard InChI is InChI=1S/C8H11ClN4O2S/c9-8-13-12-7(16-8)6(15)11-4-2-1-3-5(10)14/h1-4H2,(H2,10,14)(H,11,15). The molecule has 0 fully saturated rings. The molecule has 0 aliphatic heterocycles. The molecule has 3 N–H and O–H groups in total. The van der Waals surface area contributed by atoms with Gasteiger partial charge in [0.15, 0.2) is 0 Å². The first-order valence-electron chi connectivity index (χ1n) is 4.65. The molecule has 1 rings (SSSR count). The molecule has 16 heavy (non-hydrogen) atoms. The SMILES string of the molecule is NC(=O)CCCCNC(=O)c1nnc(Cl)s1. The van der Waals surface area contributed by atoms with Crippen LogP contribution >= 0.6 is 22.9 Å². The minimum Gasteiger partial charge on any atom is -0.370 e. The van der Waals surface area contributed by atoms with E-state index in [1.165, 1.54) is 0 Å². The maximum atomic E-state index is 11.4. The van der Waals surface area contributed by atoms with Gasteiger partial charge in [0.25, 0.3) is 5.91 Å². The van der Waals surface area contributed by atoms with Crippen molar-refractivity contribution in [3.8, 4) is 0 Å². The number of halogens is 1. The fourth-order valence-corrected chi connectivity index (χ4v) is 1.74. The zero-order chi connectivity index (χ0) is 12.0. The number of unbranched alkanes of at least 4 members (excludes halogenated alkanes) is 1. The maximum Gasteiger partial charge on any atom is 0.282 e. The van der Waals surface area contributed by atoms with Gasteiger partial charge in [-0.15, -0.1) is 10.2 Å². The number of nitrogens with one attached hydrogen (secondary N) is 1. The van der Waals surface area contributed by atoms with E-state index in [2.05, 4.69) is 15.5 Å². The fraction of sp³-hybridized carbons (Fsp3) is 0.500. The van der Waals surface area contributed by atoms with Crippen molar-refractivity contribution >= 4 is 34.8 Å². The summed E-state index contributed by atoms with van der Waals surface area (Å²) in [5.41, 5.74) is 4.97. The fourth-order valence-electron chi connectivity index (χ4n) is 0.999. The predicted octanol–water partition coefficient (Wildman–Crippen LogP) is 0.577. The molecule has 1 aromatic rings. The summed E-state index contributed by atoms with van der Waals surface area (Å²) in [6.45, 7) is 0.476. The van der Waals surface area contributed by atoms with Gasteiger partial charge in [0.2, 0.25) is 15.4 Å². The maximum absolute atomic E-state index is 11.4.